The van der Waals surface area contributed by atoms with E-state index in [9.17, 15) is 9.59 Å². The van der Waals surface area contributed by atoms with Gasteiger partial charge >= 0.3 is 0 Å². The minimum atomic E-state index is -0.0788. The van der Waals surface area contributed by atoms with Crippen LogP contribution < -0.4 is 0 Å². The van der Waals surface area contributed by atoms with Gasteiger partial charge in [-0.1, -0.05) is 27.7 Å². The largest absolute Gasteiger partial charge is 0.458 e. The average molecular weight is 310 g/mol. The Morgan fingerprint density at radius 3 is 2.32 bits per heavy atom. The van der Waals surface area contributed by atoms with Crippen molar-refractivity contribution in [3.8, 4) is 0 Å². The van der Waals surface area contributed by atoms with E-state index in [1.54, 1.807) is 6.07 Å². The number of aryl methyl sites for hydroxylation is 1. The summed E-state index contributed by atoms with van der Waals surface area (Å²) in [4.78, 5) is 22.2. The average Bonchev–Trinajstić information content (AvgIpc) is 3.22. The highest BCUT2D eigenvalue weighted by Crippen LogP contribution is 2.22. The molecule has 1 saturated heterocycles. The molecule has 0 bridgehead atoms. The molecule has 1 aromatic rings. The fourth-order valence-electron chi connectivity index (χ4n) is 2.36. The molecule has 0 N–H and O–H groups in total. The number of furan rings is 1. The number of ether oxygens (including phenoxy) is 1. The molecule has 1 aliphatic heterocycles. The van der Waals surface area contributed by atoms with Crippen LogP contribution in [-0.4, -0.2) is 23.8 Å². The Labute approximate surface area is 134 Å². The molecule has 0 saturated carbocycles. The number of rotatable bonds is 6. The molecule has 126 valence electrons. The number of hydrogen-bond acceptors (Lipinski definition) is 4. The predicted molar refractivity (Wildman–Crippen MR) is 88.3 cm³/mol. The molecular formula is C18H30O4. The van der Waals surface area contributed by atoms with Gasteiger partial charge in [-0.3, -0.25) is 9.59 Å². The summed E-state index contributed by atoms with van der Waals surface area (Å²) in [6.45, 7) is 7.82. The number of Topliss-reactive ketones (excluding diaryl/α,β-unsaturated/α-hetero) is 2. The van der Waals surface area contributed by atoms with Gasteiger partial charge in [0.2, 0.25) is 0 Å². The van der Waals surface area contributed by atoms with Crippen molar-refractivity contribution in [2.45, 2.75) is 78.4 Å². The molecule has 4 nitrogen and oxygen atoms in total. The molecule has 1 aliphatic rings. The molecule has 2 heterocycles. The quantitative estimate of drug-likeness (QED) is 0.720. The highest BCUT2D eigenvalue weighted by molar-refractivity contribution is 5.93. The molecule has 1 fully saturated rings. The monoisotopic (exact) mass is 310 g/mol. The van der Waals surface area contributed by atoms with E-state index in [0.717, 1.165) is 31.4 Å². The van der Waals surface area contributed by atoms with Gasteiger partial charge in [0.05, 0.1) is 6.10 Å². The third-order valence-corrected chi connectivity index (χ3v) is 3.88. The molecule has 2 atom stereocenters. The van der Waals surface area contributed by atoms with Crippen LogP contribution in [0.15, 0.2) is 16.5 Å². The third-order valence-electron chi connectivity index (χ3n) is 3.88. The molecule has 22 heavy (non-hydrogen) atoms. The van der Waals surface area contributed by atoms with E-state index in [2.05, 4.69) is 6.92 Å². The summed E-state index contributed by atoms with van der Waals surface area (Å²) in [5.41, 5.74) is 0. The number of ketones is 2. The summed E-state index contributed by atoms with van der Waals surface area (Å²) in [5.74, 6) is 1.71. The lowest BCUT2D eigenvalue weighted by Gasteiger charge is -2.09. The number of carbonyl (C=O) groups excluding carboxylic acids is 2. The van der Waals surface area contributed by atoms with Crippen LogP contribution in [0.1, 0.15) is 77.5 Å². The summed E-state index contributed by atoms with van der Waals surface area (Å²) in [7, 11) is 0. The van der Waals surface area contributed by atoms with Gasteiger partial charge in [-0.2, -0.15) is 0 Å². The van der Waals surface area contributed by atoms with Crippen molar-refractivity contribution in [3.05, 3.63) is 23.7 Å². The van der Waals surface area contributed by atoms with Crippen LogP contribution in [0.5, 0.6) is 0 Å². The third kappa shape index (κ3) is 5.41. The molecule has 2 rings (SSSR count). The predicted octanol–water partition coefficient (Wildman–Crippen LogP) is 4.60. The fraction of sp³-hybridized carbons (Fsp3) is 0.667. The van der Waals surface area contributed by atoms with Gasteiger partial charge < -0.3 is 9.15 Å². The summed E-state index contributed by atoms with van der Waals surface area (Å²) in [6, 6.07) is 3.59. The van der Waals surface area contributed by atoms with Gasteiger partial charge in [-0.05, 0) is 31.4 Å². The van der Waals surface area contributed by atoms with Gasteiger partial charge in [0.15, 0.2) is 17.3 Å². The van der Waals surface area contributed by atoms with Gasteiger partial charge in [-0.15, -0.1) is 0 Å². The van der Waals surface area contributed by atoms with Crippen molar-refractivity contribution in [1.82, 2.24) is 0 Å². The summed E-state index contributed by atoms with van der Waals surface area (Å²) in [5, 5.41) is 0. The molecule has 0 spiro atoms. The van der Waals surface area contributed by atoms with E-state index in [0.29, 0.717) is 24.7 Å². The molecule has 0 radical (unpaired) electrons. The topological polar surface area (TPSA) is 56.5 Å². The first kappa shape index (κ1) is 18.6. The van der Waals surface area contributed by atoms with Crippen molar-refractivity contribution in [3.63, 3.8) is 0 Å². The molecule has 1 aromatic heterocycles. The molecule has 0 aromatic carbocycles. The normalized spacial score (nSPS) is 20.4. The Morgan fingerprint density at radius 2 is 1.86 bits per heavy atom. The lowest BCUT2D eigenvalue weighted by atomic mass is 10.1. The van der Waals surface area contributed by atoms with Gasteiger partial charge in [0, 0.05) is 20.7 Å². The maximum Gasteiger partial charge on any atom is 0.197 e. The van der Waals surface area contributed by atoms with Gasteiger partial charge in [-0.25, -0.2) is 0 Å². The Kier molecular flexibility index (Phi) is 8.10. The van der Waals surface area contributed by atoms with Crippen molar-refractivity contribution in [1.29, 1.82) is 0 Å². The van der Waals surface area contributed by atoms with Crippen LogP contribution in [0.4, 0.5) is 0 Å². The zero-order valence-corrected chi connectivity index (χ0v) is 14.2. The van der Waals surface area contributed by atoms with Crippen LogP contribution >= 0.6 is 0 Å². The van der Waals surface area contributed by atoms with Crippen LogP contribution in [0.3, 0.4) is 0 Å². The Hall–Kier alpha value is -1.42. The SMILES string of the molecule is CCC(=O)C1CCC(CC)O1.CCC(=O)c1ccc(CC)o1.[HH]. The zero-order valence-electron chi connectivity index (χ0n) is 14.2. The first-order valence-corrected chi connectivity index (χ1v) is 8.35. The first-order valence-electron chi connectivity index (χ1n) is 8.35. The molecule has 0 aliphatic carbocycles. The molecule has 0 amide bonds. The van der Waals surface area contributed by atoms with Gasteiger partial charge in [0.25, 0.3) is 0 Å². The lowest BCUT2D eigenvalue weighted by Crippen LogP contribution is -2.19. The van der Waals surface area contributed by atoms with Crippen LogP contribution in [0.2, 0.25) is 0 Å². The standard InChI is InChI=1S/C9H16O2.C9H12O2.H2/c2*1-3-7-5-6-9(11-7)8(10)4-2;/h7,9H,3-6H2,1-2H3;5-6H,3-4H2,1-2H3;1H. The fourth-order valence-corrected chi connectivity index (χ4v) is 2.36. The van der Waals surface area contributed by atoms with Crippen molar-refractivity contribution in [2.24, 2.45) is 0 Å². The highest BCUT2D eigenvalue weighted by Gasteiger charge is 2.27. The van der Waals surface area contributed by atoms with E-state index >= 15 is 0 Å². The Balaban J connectivity index is 0.000000403. The van der Waals surface area contributed by atoms with E-state index in [4.69, 9.17) is 9.15 Å². The molecule has 4 heteroatoms. The second kappa shape index (κ2) is 9.57. The van der Waals surface area contributed by atoms with Crippen molar-refractivity contribution >= 4 is 11.6 Å². The maximum absolute atomic E-state index is 11.2. The second-order valence-electron chi connectivity index (χ2n) is 5.45. The zero-order chi connectivity index (χ0) is 16.5. The minimum Gasteiger partial charge on any atom is -0.458 e. The van der Waals surface area contributed by atoms with Crippen LogP contribution in [-0.2, 0) is 16.0 Å². The smallest absolute Gasteiger partial charge is 0.197 e. The maximum atomic E-state index is 11.2. The summed E-state index contributed by atoms with van der Waals surface area (Å²) in [6.07, 6.45) is 5.26. The highest BCUT2D eigenvalue weighted by atomic mass is 16.5. The van der Waals surface area contributed by atoms with E-state index in [-0.39, 0.29) is 19.1 Å². The Bertz CT molecular complexity index is 481. The summed E-state index contributed by atoms with van der Waals surface area (Å²) >= 11 is 0. The van der Waals surface area contributed by atoms with E-state index < -0.39 is 0 Å². The lowest BCUT2D eigenvalue weighted by molar-refractivity contribution is -0.129. The number of carbonyl (C=O) groups is 2. The van der Waals surface area contributed by atoms with Crippen molar-refractivity contribution in [2.75, 3.05) is 0 Å². The summed E-state index contributed by atoms with van der Waals surface area (Å²) < 4.78 is 10.7. The van der Waals surface area contributed by atoms with Crippen LogP contribution in [0, 0.1) is 0 Å². The Morgan fingerprint density at radius 1 is 1.14 bits per heavy atom. The second-order valence-corrected chi connectivity index (χ2v) is 5.45. The van der Waals surface area contributed by atoms with Crippen molar-refractivity contribution < 1.29 is 20.2 Å². The number of hydrogen-bond donors (Lipinski definition) is 0. The minimum absolute atomic E-state index is 0. The van der Waals surface area contributed by atoms with Crippen LogP contribution in [0.25, 0.3) is 0 Å². The molecular weight excluding hydrogens is 280 g/mol. The van der Waals surface area contributed by atoms with E-state index in [1.165, 1.54) is 0 Å². The first-order chi connectivity index (χ1) is 10.5. The van der Waals surface area contributed by atoms with E-state index in [1.807, 2.05) is 26.8 Å². The van der Waals surface area contributed by atoms with Gasteiger partial charge in [0.1, 0.15) is 11.9 Å². The molecule has 2 unspecified atom stereocenters.